The third kappa shape index (κ3) is 2.41. The lowest BCUT2D eigenvalue weighted by molar-refractivity contribution is 0.595. The minimum atomic E-state index is 0.202. The van der Waals surface area contributed by atoms with Gasteiger partial charge in [-0.3, -0.25) is 0 Å². The van der Waals surface area contributed by atoms with Crippen LogP contribution in [0.4, 0.5) is 11.7 Å². The largest absolute Gasteiger partial charge is 0.424 e. The highest BCUT2D eigenvalue weighted by atomic mass is 16.4. The van der Waals surface area contributed by atoms with Crippen molar-refractivity contribution >= 4 is 11.7 Å². The minimum absolute atomic E-state index is 0.202. The second kappa shape index (κ2) is 4.91. The summed E-state index contributed by atoms with van der Waals surface area (Å²) in [5, 5.41) is 0. The van der Waals surface area contributed by atoms with Gasteiger partial charge in [-0.25, -0.2) is 4.98 Å². The van der Waals surface area contributed by atoms with Gasteiger partial charge in [0.1, 0.15) is 0 Å². The molecule has 90 valence electrons. The molecule has 0 unspecified atom stereocenters. The lowest BCUT2D eigenvalue weighted by Gasteiger charge is -2.20. The molecule has 1 aromatic carbocycles. The Morgan fingerprint density at radius 3 is 2.29 bits per heavy atom. The summed E-state index contributed by atoms with van der Waals surface area (Å²) in [4.78, 5) is 6.17. The first-order valence-electron chi connectivity index (χ1n) is 5.81. The number of nitrogen functional groups attached to an aromatic ring is 1. The van der Waals surface area contributed by atoms with Crippen LogP contribution in [-0.2, 0) is 0 Å². The highest BCUT2D eigenvalue weighted by Gasteiger charge is 2.05. The fourth-order valence-corrected chi connectivity index (χ4v) is 1.85. The number of anilines is 2. The summed E-state index contributed by atoms with van der Waals surface area (Å²) in [5.74, 6) is 0.702. The number of benzene rings is 1. The van der Waals surface area contributed by atoms with Crippen LogP contribution < -0.4 is 10.6 Å². The van der Waals surface area contributed by atoms with Gasteiger partial charge in [0, 0.05) is 24.3 Å². The molecule has 1 aromatic heterocycles. The molecule has 4 heteroatoms. The molecule has 4 nitrogen and oxygen atoms in total. The molecule has 0 aliphatic rings. The van der Waals surface area contributed by atoms with Crippen molar-refractivity contribution in [3.63, 3.8) is 0 Å². The normalized spacial score (nSPS) is 10.5. The number of oxazole rings is 1. The Balaban J connectivity index is 2.23. The minimum Gasteiger partial charge on any atom is -0.424 e. The van der Waals surface area contributed by atoms with Crippen LogP contribution >= 0.6 is 0 Å². The van der Waals surface area contributed by atoms with E-state index in [1.165, 1.54) is 5.69 Å². The topological polar surface area (TPSA) is 55.3 Å². The van der Waals surface area contributed by atoms with Crippen LogP contribution in [0.2, 0.25) is 0 Å². The Hall–Kier alpha value is -1.97. The van der Waals surface area contributed by atoms with E-state index < -0.39 is 0 Å². The van der Waals surface area contributed by atoms with Gasteiger partial charge in [0.05, 0.1) is 6.20 Å². The third-order valence-electron chi connectivity index (χ3n) is 2.80. The van der Waals surface area contributed by atoms with Gasteiger partial charge in [-0.15, -0.1) is 0 Å². The maximum atomic E-state index is 5.45. The van der Waals surface area contributed by atoms with Gasteiger partial charge in [-0.1, -0.05) is 0 Å². The molecule has 2 N–H and O–H groups in total. The fraction of sp³-hybridized carbons (Fsp3) is 0.308. The highest BCUT2D eigenvalue weighted by Crippen LogP contribution is 2.24. The Labute approximate surface area is 101 Å². The number of hydrogen-bond donors (Lipinski definition) is 1. The zero-order chi connectivity index (χ0) is 12.3. The number of nitrogens with two attached hydrogens (primary N) is 1. The van der Waals surface area contributed by atoms with Crippen molar-refractivity contribution in [2.75, 3.05) is 23.7 Å². The van der Waals surface area contributed by atoms with Crippen molar-refractivity contribution < 1.29 is 4.42 Å². The van der Waals surface area contributed by atoms with Crippen LogP contribution in [0.15, 0.2) is 34.9 Å². The van der Waals surface area contributed by atoms with Crippen molar-refractivity contribution in [1.82, 2.24) is 4.98 Å². The highest BCUT2D eigenvalue weighted by molar-refractivity contribution is 5.61. The molecule has 2 aromatic rings. The Kier molecular flexibility index (Phi) is 3.32. The molecule has 0 aliphatic carbocycles. The average molecular weight is 231 g/mol. The van der Waals surface area contributed by atoms with Gasteiger partial charge in [0.2, 0.25) is 0 Å². The monoisotopic (exact) mass is 231 g/mol. The SMILES string of the molecule is CCN(CC)c1ccc(-c2cnc(N)o2)cc1. The summed E-state index contributed by atoms with van der Waals surface area (Å²) in [5.41, 5.74) is 7.66. The van der Waals surface area contributed by atoms with Crippen LogP contribution in [0, 0.1) is 0 Å². The number of nitrogens with zero attached hydrogens (tertiary/aromatic N) is 2. The molecule has 0 saturated heterocycles. The maximum absolute atomic E-state index is 5.45. The second-order valence-corrected chi connectivity index (χ2v) is 3.78. The van der Waals surface area contributed by atoms with E-state index >= 15 is 0 Å². The Bertz CT molecular complexity index is 472. The van der Waals surface area contributed by atoms with Crippen LogP contribution in [0.25, 0.3) is 11.3 Å². The molecule has 0 atom stereocenters. The van der Waals surface area contributed by atoms with Crippen LogP contribution in [0.3, 0.4) is 0 Å². The predicted octanol–water partition coefficient (Wildman–Crippen LogP) is 2.77. The van der Waals surface area contributed by atoms with Gasteiger partial charge in [-0.2, -0.15) is 0 Å². The van der Waals surface area contributed by atoms with E-state index in [4.69, 9.17) is 10.2 Å². The standard InChI is InChI=1S/C13H17N3O/c1-3-16(4-2)11-7-5-10(6-8-11)12-9-15-13(14)17-12/h5-9H,3-4H2,1-2H3,(H2,14,15). The third-order valence-corrected chi connectivity index (χ3v) is 2.80. The van der Waals surface area contributed by atoms with Crippen LogP contribution in [0.5, 0.6) is 0 Å². The van der Waals surface area contributed by atoms with Crippen LogP contribution in [-0.4, -0.2) is 18.1 Å². The van der Waals surface area contributed by atoms with Gasteiger partial charge in [-0.05, 0) is 38.1 Å². The van der Waals surface area contributed by atoms with Crippen molar-refractivity contribution in [2.45, 2.75) is 13.8 Å². The molecule has 0 fully saturated rings. The van der Waals surface area contributed by atoms with Gasteiger partial charge in [0.15, 0.2) is 5.76 Å². The van der Waals surface area contributed by atoms with E-state index in [-0.39, 0.29) is 6.01 Å². The molecule has 1 heterocycles. The number of rotatable bonds is 4. The van der Waals surface area contributed by atoms with E-state index in [9.17, 15) is 0 Å². The lowest BCUT2D eigenvalue weighted by atomic mass is 10.1. The van der Waals surface area contributed by atoms with Crippen molar-refractivity contribution in [1.29, 1.82) is 0 Å². The maximum Gasteiger partial charge on any atom is 0.292 e. The summed E-state index contributed by atoms with van der Waals surface area (Å²) < 4.78 is 5.28. The molecule has 0 aliphatic heterocycles. The molecule has 0 bridgehead atoms. The summed E-state index contributed by atoms with van der Waals surface area (Å²) in [6.45, 7) is 6.30. The lowest BCUT2D eigenvalue weighted by Crippen LogP contribution is -2.21. The van der Waals surface area contributed by atoms with E-state index in [2.05, 4.69) is 35.9 Å². The summed E-state index contributed by atoms with van der Waals surface area (Å²) in [6, 6.07) is 8.41. The summed E-state index contributed by atoms with van der Waals surface area (Å²) in [7, 11) is 0. The molecule has 0 radical (unpaired) electrons. The van der Waals surface area contributed by atoms with Gasteiger partial charge < -0.3 is 15.1 Å². The molecular weight excluding hydrogens is 214 g/mol. The first-order chi connectivity index (χ1) is 8.24. The first kappa shape index (κ1) is 11.5. The van der Waals surface area contributed by atoms with Crippen molar-refractivity contribution in [3.8, 4) is 11.3 Å². The van der Waals surface area contributed by atoms with Crippen LogP contribution in [0.1, 0.15) is 13.8 Å². The smallest absolute Gasteiger partial charge is 0.292 e. The molecular formula is C13H17N3O. The molecule has 0 amide bonds. The van der Waals surface area contributed by atoms with E-state index in [0.717, 1.165) is 18.7 Å². The second-order valence-electron chi connectivity index (χ2n) is 3.78. The molecule has 17 heavy (non-hydrogen) atoms. The number of aromatic nitrogens is 1. The van der Waals surface area contributed by atoms with E-state index in [1.54, 1.807) is 6.20 Å². The molecule has 2 rings (SSSR count). The summed E-state index contributed by atoms with van der Waals surface area (Å²) in [6.07, 6.45) is 1.64. The average Bonchev–Trinajstić information content (AvgIpc) is 2.78. The Morgan fingerprint density at radius 2 is 1.82 bits per heavy atom. The zero-order valence-electron chi connectivity index (χ0n) is 10.2. The van der Waals surface area contributed by atoms with E-state index in [1.807, 2.05) is 12.1 Å². The summed E-state index contributed by atoms with van der Waals surface area (Å²) >= 11 is 0. The molecule has 0 spiro atoms. The quantitative estimate of drug-likeness (QED) is 0.879. The van der Waals surface area contributed by atoms with Gasteiger partial charge in [0.25, 0.3) is 6.01 Å². The van der Waals surface area contributed by atoms with Gasteiger partial charge >= 0.3 is 0 Å². The number of hydrogen-bond acceptors (Lipinski definition) is 4. The Morgan fingerprint density at radius 1 is 1.18 bits per heavy atom. The fourth-order valence-electron chi connectivity index (χ4n) is 1.85. The first-order valence-corrected chi connectivity index (χ1v) is 5.81. The molecule has 0 saturated carbocycles. The van der Waals surface area contributed by atoms with Crippen molar-refractivity contribution in [2.24, 2.45) is 0 Å². The van der Waals surface area contributed by atoms with E-state index in [0.29, 0.717) is 5.76 Å². The van der Waals surface area contributed by atoms with Crippen molar-refractivity contribution in [3.05, 3.63) is 30.5 Å². The predicted molar refractivity (Wildman–Crippen MR) is 69.9 cm³/mol. The zero-order valence-corrected chi connectivity index (χ0v) is 10.2.